The summed E-state index contributed by atoms with van der Waals surface area (Å²) in [5.41, 5.74) is 1.41. The van der Waals surface area contributed by atoms with Gasteiger partial charge in [0.2, 0.25) is 0 Å². The van der Waals surface area contributed by atoms with Crippen LogP contribution in [-0.2, 0) is 4.79 Å². The molecule has 2 aromatic heterocycles. The number of halogens is 1. The van der Waals surface area contributed by atoms with Crippen LogP contribution in [0.1, 0.15) is 5.56 Å². The molecule has 0 unspecified atom stereocenters. The van der Waals surface area contributed by atoms with Gasteiger partial charge in [0, 0.05) is 12.4 Å². The van der Waals surface area contributed by atoms with Gasteiger partial charge in [-0.25, -0.2) is 19.3 Å². The Bertz CT molecular complexity index is 926. The first-order valence-electron chi connectivity index (χ1n) is 7.19. The van der Waals surface area contributed by atoms with Gasteiger partial charge in [-0.3, -0.25) is 14.8 Å². The van der Waals surface area contributed by atoms with Crippen molar-refractivity contribution in [3.05, 3.63) is 42.2 Å². The number of aromatic amines is 1. The number of aromatic nitrogens is 5. The number of carbonyl (C=O) groups excluding carboxylic acids is 1. The Kier molecular flexibility index (Phi) is 3.19. The largest absolute Gasteiger partial charge is 0.358 e. The quantitative estimate of drug-likeness (QED) is 0.745. The molecule has 0 spiro atoms. The first-order chi connectivity index (χ1) is 11.6. The average molecular weight is 325 g/mol. The maximum Gasteiger partial charge on any atom is 0.252 e. The van der Waals surface area contributed by atoms with E-state index in [1.165, 1.54) is 29.7 Å². The zero-order valence-electron chi connectivity index (χ0n) is 12.6. The number of benzene rings is 1. The number of carbonyl (C=O) groups is 1. The van der Waals surface area contributed by atoms with Crippen molar-refractivity contribution in [1.29, 1.82) is 0 Å². The fraction of sp³-hybridized carbons (Fsp3) is 0.133. The highest BCUT2D eigenvalue weighted by Gasteiger charge is 2.29. The molecule has 1 amide bonds. The van der Waals surface area contributed by atoms with E-state index in [1.807, 2.05) is 0 Å². The fourth-order valence-corrected chi connectivity index (χ4v) is 2.65. The van der Waals surface area contributed by atoms with Crippen molar-refractivity contribution >= 4 is 23.2 Å². The predicted molar refractivity (Wildman–Crippen MR) is 84.2 cm³/mol. The molecule has 1 aliphatic rings. The smallest absolute Gasteiger partial charge is 0.252 e. The van der Waals surface area contributed by atoms with E-state index in [0.29, 0.717) is 28.7 Å². The maximum absolute atomic E-state index is 14.6. The molecule has 0 aliphatic carbocycles. The standard InChI is InChI=1S/C15H12FN7O/c1-8-4-9(13-20-7-21-22-13)10(16)5-11(8)23-12(24)6-19-14-15(23)18-3-2-17-14/h2-5,7H,6H2,1H3,(H,17,19)(H,20,21,22). The van der Waals surface area contributed by atoms with E-state index in [-0.39, 0.29) is 18.0 Å². The number of nitrogens with zero attached hydrogens (tertiary/aromatic N) is 5. The first-order valence-corrected chi connectivity index (χ1v) is 7.19. The summed E-state index contributed by atoms with van der Waals surface area (Å²) in [4.78, 5) is 26.1. The van der Waals surface area contributed by atoms with Crippen LogP contribution in [0.4, 0.5) is 21.7 Å². The van der Waals surface area contributed by atoms with Crippen LogP contribution in [0.15, 0.2) is 30.9 Å². The molecule has 0 fully saturated rings. The molecule has 8 nitrogen and oxygen atoms in total. The van der Waals surface area contributed by atoms with Crippen LogP contribution in [0, 0.1) is 12.7 Å². The van der Waals surface area contributed by atoms with Crippen LogP contribution < -0.4 is 10.2 Å². The lowest BCUT2D eigenvalue weighted by molar-refractivity contribution is -0.116. The number of fused-ring (bicyclic) bond motifs is 1. The van der Waals surface area contributed by atoms with E-state index in [4.69, 9.17) is 0 Å². The Morgan fingerprint density at radius 2 is 2.04 bits per heavy atom. The minimum Gasteiger partial charge on any atom is -0.358 e. The van der Waals surface area contributed by atoms with Gasteiger partial charge in [-0.2, -0.15) is 5.10 Å². The molecule has 24 heavy (non-hydrogen) atoms. The summed E-state index contributed by atoms with van der Waals surface area (Å²) in [6, 6.07) is 2.92. The van der Waals surface area contributed by atoms with E-state index in [1.54, 1.807) is 13.0 Å². The Morgan fingerprint density at radius 3 is 2.83 bits per heavy atom. The molecule has 120 valence electrons. The van der Waals surface area contributed by atoms with Crippen LogP contribution >= 0.6 is 0 Å². The minimum absolute atomic E-state index is 0.0661. The van der Waals surface area contributed by atoms with E-state index in [9.17, 15) is 9.18 Å². The minimum atomic E-state index is -0.510. The number of nitrogens with one attached hydrogen (secondary N) is 2. The SMILES string of the molecule is Cc1cc(-c2ncn[nH]2)c(F)cc1N1C(=O)CNc2nccnc21. The van der Waals surface area contributed by atoms with Gasteiger partial charge < -0.3 is 5.32 Å². The zero-order valence-corrected chi connectivity index (χ0v) is 12.6. The first kappa shape index (κ1) is 14.2. The summed E-state index contributed by atoms with van der Waals surface area (Å²) in [5, 5.41) is 9.26. The molecular weight excluding hydrogens is 313 g/mol. The number of rotatable bonds is 2. The van der Waals surface area contributed by atoms with Gasteiger partial charge in [0.15, 0.2) is 17.5 Å². The summed E-state index contributed by atoms with van der Waals surface area (Å²) >= 11 is 0. The summed E-state index contributed by atoms with van der Waals surface area (Å²) in [6.07, 6.45) is 4.32. The third-order valence-corrected chi connectivity index (χ3v) is 3.74. The van der Waals surface area contributed by atoms with Crippen LogP contribution in [0.2, 0.25) is 0 Å². The summed E-state index contributed by atoms with van der Waals surface area (Å²) in [6.45, 7) is 1.86. The monoisotopic (exact) mass is 325 g/mol. The number of amides is 1. The Morgan fingerprint density at radius 1 is 1.21 bits per heavy atom. The summed E-state index contributed by atoms with van der Waals surface area (Å²) in [5.74, 6) is 0.413. The Hall–Kier alpha value is -3.36. The highest BCUT2D eigenvalue weighted by Crippen LogP contribution is 2.36. The van der Waals surface area contributed by atoms with Crippen LogP contribution in [0.25, 0.3) is 11.4 Å². The van der Waals surface area contributed by atoms with Crippen molar-refractivity contribution in [3.63, 3.8) is 0 Å². The molecule has 2 N–H and O–H groups in total. The van der Waals surface area contributed by atoms with E-state index >= 15 is 0 Å². The van der Waals surface area contributed by atoms with Crippen LogP contribution in [-0.4, -0.2) is 37.6 Å². The molecule has 1 aliphatic heterocycles. The van der Waals surface area contributed by atoms with Crippen LogP contribution in [0.3, 0.4) is 0 Å². The van der Waals surface area contributed by atoms with Gasteiger partial charge in [-0.15, -0.1) is 0 Å². The van der Waals surface area contributed by atoms with Crippen molar-refractivity contribution in [1.82, 2.24) is 25.1 Å². The summed E-state index contributed by atoms with van der Waals surface area (Å²) in [7, 11) is 0. The predicted octanol–water partition coefficient (Wildman–Crippen LogP) is 1.80. The van der Waals surface area contributed by atoms with Gasteiger partial charge in [0.25, 0.3) is 5.91 Å². The molecule has 0 atom stereocenters. The number of hydrogen-bond donors (Lipinski definition) is 2. The van der Waals surface area contributed by atoms with Crippen LogP contribution in [0.5, 0.6) is 0 Å². The van der Waals surface area contributed by atoms with Gasteiger partial charge in [0.1, 0.15) is 12.1 Å². The number of H-pyrrole nitrogens is 1. The van der Waals surface area contributed by atoms with E-state index in [0.717, 1.165) is 0 Å². The summed E-state index contributed by atoms with van der Waals surface area (Å²) < 4.78 is 14.6. The lowest BCUT2D eigenvalue weighted by Gasteiger charge is -2.29. The topological polar surface area (TPSA) is 99.7 Å². The molecule has 0 bridgehead atoms. The van der Waals surface area contributed by atoms with Crippen molar-refractivity contribution in [2.45, 2.75) is 6.92 Å². The number of anilines is 3. The third kappa shape index (κ3) is 2.18. The van der Waals surface area contributed by atoms with Crippen molar-refractivity contribution in [2.24, 2.45) is 0 Å². The molecule has 0 saturated heterocycles. The second-order valence-corrected chi connectivity index (χ2v) is 5.26. The van der Waals surface area contributed by atoms with Gasteiger partial charge in [-0.1, -0.05) is 0 Å². The molecule has 0 saturated carbocycles. The number of hydrogen-bond acceptors (Lipinski definition) is 6. The van der Waals surface area contributed by atoms with Crippen molar-refractivity contribution in [2.75, 3.05) is 16.8 Å². The lowest BCUT2D eigenvalue weighted by Crippen LogP contribution is -2.38. The van der Waals surface area contributed by atoms with E-state index in [2.05, 4.69) is 30.5 Å². The Balaban J connectivity index is 1.86. The third-order valence-electron chi connectivity index (χ3n) is 3.74. The van der Waals surface area contributed by atoms with Crippen molar-refractivity contribution < 1.29 is 9.18 Å². The van der Waals surface area contributed by atoms with Gasteiger partial charge in [-0.05, 0) is 24.6 Å². The average Bonchev–Trinajstić information content (AvgIpc) is 3.11. The molecule has 4 rings (SSSR count). The lowest BCUT2D eigenvalue weighted by atomic mass is 10.1. The van der Waals surface area contributed by atoms with E-state index < -0.39 is 5.82 Å². The highest BCUT2D eigenvalue weighted by molar-refractivity contribution is 6.07. The molecular formula is C15H12FN7O. The fourth-order valence-electron chi connectivity index (χ4n) is 2.65. The maximum atomic E-state index is 14.6. The second kappa shape index (κ2) is 5.37. The highest BCUT2D eigenvalue weighted by atomic mass is 19.1. The molecule has 1 aromatic carbocycles. The molecule has 9 heteroatoms. The Labute approximate surface area is 135 Å². The molecule has 3 heterocycles. The second-order valence-electron chi connectivity index (χ2n) is 5.26. The number of aryl methyl sites for hydroxylation is 1. The van der Waals surface area contributed by atoms with Gasteiger partial charge in [0.05, 0.1) is 17.8 Å². The zero-order chi connectivity index (χ0) is 16.7. The molecule has 3 aromatic rings. The molecule has 0 radical (unpaired) electrons. The normalized spacial score (nSPS) is 13.6. The van der Waals surface area contributed by atoms with Gasteiger partial charge >= 0.3 is 0 Å². The van der Waals surface area contributed by atoms with Crippen molar-refractivity contribution in [3.8, 4) is 11.4 Å².